The van der Waals surface area contributed by atoms with Crippen LogP contribution < -0.4 is 16.1 Å². The van der Waals surface area contributed by atoms with Crippen LogP contribution in [0, 0.1) is 11.6 Å². The van der Waals surface area contributed by atoms with Crippen LogP contribution in [0.4, 0.5) is 14.5 Å². The van der Waals surface area contributed by atoms with Gasteiger partial charge in [-0.2, -0.15) is 5.10 Å². The fraction of sp³-hybridized carbons (Fsp3) is 0.529. The van der Waals surface area contributed by atoms with Gasteiger partial charge in [-0.25, -0.2) is 8.78 Å². The number of hydrogen-bond acceptors (Lipinski definition) is 4. The number of hydrazone groups is 1. The highest BCUT2D eigenvalue weighted by Gasteiger charge is 2.28. The van der Waals surface area contributed by atoms with E-state index in [2.05, 4.69) is 27.6 Å². The summed E-state index contributed by atoms with van der Waals surface area (Å²) < 4.78 is 28.9. The molecule has 3 N–H and O–H groups in total. The molecule has 0 amide bonds. The van der Waals surface area contributed by atoms with Crippen molar-refractivity contribution in [3.05, 3.63) is 29.3 Å². The quantitative estimate of drug-likeness (QED) is 0.485. The van der Waals surface area contributed by atoms with Gasteiger partial charge in [-0.05, 0) is 37.2 Å². The summed E-state index contributed by atoms with van der Waals surface area (Å²) in [6.45, 7) is 2.98. The minimum Gasteiger partial charge on any atom is -0.375 e. The molecule has 1 aliphatic heterocycles. The molecular formula is C17H23F2N5S. The third-order valence-corrected chi connectivity index (χ3v) is 4.99. The molecule has 1 aromatic rings. The number of nitrogens with two attached hydrogens (primary N) is 1. The number of anilines is 1. The molecule has 5 nitrogen and oxygen atoms in total. The van der Waals surface area contributed by atoms with Crippen molar-refractivity contribution in [1.82, 2.24) is 10.3 Å². The predicted molar refractivity (Wildman–Crippen MR) is 99.9 cm³/mol. The summed E-state index contributed by atoms with van der Waals surface area (Å²) in [6.07, 6.45) is 6.36. The zero-order valence-corrected chi connectivity index (χ0v) is 14.9. The molecule has 3 rings (SSSR count). The third kappa shape index (κ3) is 4.43. The van der Waals surface area contributed by atoms with Crippen LogP contribution in [0.1, 0.15) is 31.2 Å². The van der Waals surface area contributed by atoms with E-state index in [0.717, 1.165) is 13.1 Å². The number of thiocarbonyl (C=S) groups is 1. The molecule has 25 heavy (non-hydrogen) atoms. The zero-order chi connectivity index (χ0) is 17.8. The lowest BCUT2D eigenvalue weighted by atomic mass is 10.1. The Labute approximate surface area is 151 Å². The first kappa shape index (κ1) is 18.0. The number of benzene rings is 1. The van der Waals surface area contributed by atoms with E-state index in [4.69, 9.17) is 5.73 Å². The van der Waals surface area contributed by atoms with Crippen LogP contribution >= 0.6 is 12.2 Å². The maximum absolute atomic E-state index is 14.5. The topological polar surface area (TPSA) is 56.9 Å². The van der Waals surface area contributed by atoms with E-state index in [9.17, 15) is 8.78 Å². The zero-order valence-electron chi connectivity index (χ0n) is 14.0. The Kier molecular flexibility index (Phi) is 5.80. The van der Waals surface area contributed by atoms with Crippen molar-refractivity contribution in [2.24, 2.45) is 10.8 Å². The average molecular weight is 367 g/mol. The Balaban J connectivity index is 1.66. The molecule has 0 atom stereocenters. The van der Waals surface area contributed by atoms with Gasteiger partial charge in [0.15, 0.2) is 5.11 Å². The first-order chi connectivity index (χ1) is 12.0. The van der Waals surface area contributed by atoms with E-state index in [1.807, 2.05) is 0 Å². The molecule has 1 heterocycles. The summed E-state index contributed by atoms with van der Waals surface area (Å²) in [7, 11) is 0. The van der Waals surface area contributed by atoms with Crippen molar-refractivity contribution in [1.29, 1.82) is 0 Å². The fourth-order valence-electron chi connectivity index (χ4n) is 3.71. The molecule has 1 aliphatic carbocycles. The van der Waals surface area contributed by atoms with Gasteiger partial charge in [0, 0.05) is 37.8 Å². The Bertz CT molecular complexity index is 629. The second-order valence-corrected chi connectivity index (χ2v) is 6.97. The Morgan fingerprint density at radius 2 is 1.76 bits per heavy atom. The summed E-state index contributed by atoms with van der Waals surface area (Å²) in [5, 5.41) is 3.72. The smallest absolute Gasteiger partial charge is 0.184 e. The van der Waals surface area contributed by atoms with Gasteiger partial charge in [-0.1, -0.05) is 12.8 Å². The van der Waals surface area contributed by atoms with Crippen molar-refractivity contribution in [2.45, 2.75) is 31.7 Å². The number of nitrogens with one attached hydrogen (secondary N) is 1. The van der Waals surface area contributed by atoms with Crippen molar-refractivity contribution in [3.8, 4) is 0 Å². The highest BCUT2D eigenvalue weighted by atomic mass is 32.1. The molecule has 1 aromatic carbocycles. The SMILES string of the molecule is NC(=S)N/N=C/c1cc(F)c(N2CCN(C3CCCC3)CC2)c(F)c1. The van der Waals surface area contributed by atoms with Crippen LogP contribution in [0.15, 0.2) is 17.2 Å². The molecule has 0 radical (unpaired) electrons. The molecule has 1 saturated carbocycles. The van der Waals surface area contributed by atoms with Crippen LogP contribution in [0.5, 0.6) is 0 Å². The van der Waals surface area contributed by atoms with Gasteiger partial charge < -0.3 is 10.6 Å². The van der Waals surface area contributed by atoms with E-state index in [1.54, 1.807) is 4.90 Å². The van der Waals surface area contributed by atoms with E-state index >= 15 is 0 Å². The first-order valence-corrected chi connectivity index (χ1v) is 9.02. The Morgan fingerprint density at radius 3 is 2.32 bits per heavy atom. The van der Waals surface area contributed by atoms with Crippen molar-refractivity contribution < 1.29 is 8.78 Å². The maximum atomic E-state index is 14.5. The Morgan fingerprint density at radius 1 is 1.16 bits per heavy atom. The standard InChI is InChI=1S/C17H23F2N5S/c18-14-9-12(11-21-22-17(20)25)10-15(19)16(14)24-7-5-23(6-8-24)13-3-1-2-4-13/h9-11,13H,1-8H2,(H3,20,22,25)/b21-11+. The molecular weight excluding hydrogens is 344 g/mol. The highest BCUT2D eigenvalue weighted by molar-refractivity contribution is 7.80. The lowest BCUT2D eigenvalue weighted by Crippen LogP contribution is -2.50. The van der Waals surface area contributed by atoms with Gasteiger partial charge in [-0.15, -0.1) is 0 Å². The fourth-order valence-corrected chi connectivity index (χ4v) is 3.76. The van der Waals surface area contributed by atoms with Crippen LogP contribution in [-0.4, -0.2) is 48.4 Å². The maximum Gasteiger partial charge on any atom is 0.184 e. The summed E-state index contributed by atoms with van der Waals surface area (Å²) in [4.78, 5) is 4.26. The summed E-state index contributed by atoms with van der Waals surface area (Å²) >= 11 is 4.61. The van der Waals surface area contributed by atoms with Crippen molar-refractivity contribution in [3.63, 3.8) is 0 Å². The minimum atomic E-state index is -0.578. The number of hydrogen-bond donors (Lipinski definition) is 2. The number of rotatable bonds is 4. The number of piperazine rings is 1. The normalized spacial score (nSPS) is 19.7. The van der Waals surface area contributed by atoms with Gasteiger partial charge in [0.05, 0.1) is 6.21 Å². The Hall–Kier alpha value is -1.80. The number of nitrogens with zero attached hydrogens (tertiary/aromatic N) is 3. The van der Waals surface area contributed by atoms with Gasteiger partial charge >= 0.3 is 0 Å². The lowest BCUT2D eigenvalue weighted by Gasteiger charge is -2.39. The molecule has 0 bridgehead atoms. The first-order valence-electron chi connectivity index (χ1n) is 8.61. The average Bonchev–Trinajstić information content (AvgIpc) is 3.09. The number of halogens is 2. The van der Waals surface area contributed by atoms with Gasteiger partial charge in [0.25, 0.3) is 0 Å². The second-order valence-electron chi connectivity index (χ2n) is 6.53. The van der Waals surface area contributed by atoms with Crippen molar-refractivity contribution in [2.75, 3.05) is 31.1 Å². The molecule has 8 heteroatoms. The van der Waals surface area contributed by atoms with Gasteiger partial charge in [0.2, 0.25) is 0 Å². The molecule has 0 unspecified atom stereocenters. The minimum absolute atomic E-state index is 0.00560. The van der Waals surface area contributed by atoms with Crippen molar-refractivity contribution >= 4 is 29.2 Å². The molecule has 2 aliphatic rings. The molecule has 136 valence electrons. The largest absolute Gasteiger partial charge is 0.375 e. The van der Waals surface area contributed by atoms with E-state index in [1.165, 1.54) is 44.0 Å². The van der Waals surface area contributed by atoms with Gasteiger partial charge in [-0.3, -0.25) is 10.3 Å². The highest BCUT2D eigenvalue weighted by Crippen LogP contribution is 2.28. The van der Waals surface area contributed by atoms with Crippen LogP contribution in [0.3, 0.4) is 0 Å². The molecule has 1 saturated heterocycles. The van der Waals surface area contributed by atoms with E-state index in [0.29, 0.717) is 24.7 Å². The van der Waals surface area contributed by atoms with E-state index in [-0.39, 0.29) is 10.8 Å². The van der Waals surface area contributed by atoms with Gasteiger partial charge in [0.1, 0.15) is 17.3 Å². The predicted octanol–water partition coefficient (Wildman–Crippen LogP) is 2.20. The summed E-state index contributed by atoms with van der Waals surface area (Å²) in [5.41, 5.74) is 7.96. The van der Waals surface area contributed by atoms with Crippen LogP contribution in [-0.2, 0) is 0 Å². The summed E-state index contributed by atoms with van der Waals surface area (Å²) in [6, 6.07) is 3.19. The van der Waals surface area contributed by atoms with Crippen LogP contribution in [0.25, 0.3) is 0 Å². The monoisotopic (exact) mass is 367 g/mol. The van der Waals surface area contributed by atoms with E-state index < -0.39 is 11.6 Å². The lowest BCUT2D eigenvalue weighted by molar-refractivity contribution is 0.187. The second kappa shape index (κ2) is 8.05. The third-order valence-electron chi connectivity index (χ3n) is 4.90. The molecule has 2 fully saturated rings. The summed E-state index contributed by atoms with van der Waals surface area (Å²) in [5.74, 6) is -1.16. The van der Waals surface area contributed by atoms with Crippen LogP contribution in [0.2, 0.25) is 0 Å². The molecule has 0 spiro atoms. The molecule has 0 aromatic heterocycles.